The van der Waals surface area contributed by atoms with Crippen LogP contribution in [0.25, 0.3) is 5.57 Å². The third-order valence-corrected chi connectivity index (χ3v) is 5.80. The molecule has 0 aromatic heterocycles. The first-order valence-electron chi connectivity index (χ1n) is 11.2. The van der Waals surface area contributed by atoms with Gasteiger partial charge < -0.3 is 19.5 Å². The Morgan fingerprint density at radius 1 is 1.15 bits per heavy atom. The van der Waals surface area contributed by atoms with Gasteiger partial charge in [0, 0.05) is 13.0 Å². The molecule has 0 saturated heterocycles. The van der Waals surface area contributed by atoms with E-state index in [0.717, 1.165) is 55.9 Å². The lowest BCUT2D eigenvalue weighted by atomic mass is 9.89. The molecular weight excluding hydrogens is 428 g/mol. The van der Waals surface area contributed by atoms with Crippen molar-refractivity contribution in [2.45, 2.75) is 51.6 Å². The minimum Gasteiger partial charge on any atom is -0.465 e. The lowest BCUT2D eigenvalue weighted by molar-refractivity contribution is -0.116. The Morgan fingerprint density at radius 3 is 2.79 bits per heavy atom. The van der Waals surface area contributed by atoms with Gasteiger partial charge in [-0.1, -0.05) is 36.4 Å². The molecule has 0 unspecified atom stereocenters. The van der Waals surface area contributed by atoms with Crippen LogP contribution >= 0.6 is 0 Å². The molecule has 1 aromatic rings. The zero-order valence-corrected chi connectivity index (χ0v) is 18.3. The van der Waals surface area contributed by atoms with Crippen LogP contribution in [-0.4, -0.2) is 19.1 Å². The van der Waals surface area contributed by atoms with Gasteiger partial charge in [-0.15, -0.1) is 0 Å². The predicted octanol–water partition coefficient (Wildman–Crippen LogP) is 5.66. The molecule has 1 N–H and O–H groups in total. The van der Waals surface area contributed by atoms with Crippen molar-refractivity contribution in [1.29, 1.82) is 0 Å². The molecule has 1 heterocycles. The van der Waals surface area contributed by atoms with Crippen LogP contribution < -0.4 is 5.32 Å². The number of halogens is 2. The first-order valence-corrected chi connectivity index (χ1v) is 11.2. The van der Waals surface area contributed by atoms with E-state index in [1.165, 1.54) is 11.8 Å². The molecule has 2 aliphatic carbocycles. The summed E-state index contributed by atoms with van der Waals surface area (Å²) in [7, 11) is 0. The van der Waals surface area contributed by atoms with Crippen molar-refractivity contribution in [2.75, 3.05) is 6.54 Å². The summed E-state index contributed by atoms with van der Waals surface area (Å²) in [4.78, 5) is 12.9. The Hall–Kier alpha value is -3.35. The maximum atomic E-state index is 12.9. The third kappa shape index (κ3) is 6.12. The summed E-state index contributed by atoms with van der Waals surface area (Å²) >= 11 is 0. The van der Waals surface area contributed by atoms with Crippen LogP contribution in [0.1, 0.15) is 48.8 Å². The Labute approximate surface area is 192 Å². The van der Waals surface area contributed by atoms with E-state index >= 15 is 0 Å². The molecule has 0 fully saturated rings. The molecular formula is C26H27F2NO4. The molecule has 7 heteroatoms. The quantitative estimate of drug-likeness (QED) is 0.406. The van der Waals surface area contributed by atoms with E-state index in [-0.39, 0.29) is 12.1 Å². The second-order valence-electron chi connectivity index (χ2n) is 8.09. The lowest BCUT2D eigenvalue weighted by Gasteiger charge is -2.20. The van der Waals surface area contributed by atoms with E-state index in [4.69, 9.17) is 9.47 Å². The van der Waals surface area contributed by atoms with Crippen LogP contribution in [0.3, 0.4) is 0 Å². The van der Waals surface area contributed by atoms with Gasteiger partial charge in [-0.25, -0.2) is 0 Å². The first-order chi connectivity index (χ1) is 16.1. The average Bonchev–Trinajstić information content (AvgIpc) is 2.84. The van der Waals surface area contributed by atoms with Gasteiger partial charge in [0.05, 0.1) is 5.57 Å². The topological polar surface area (TPSA) is 56.8 Å². The van der Waals surface area contributed by atoms with Crippen LogP contribution in [0.2, 0.25) is 0 Å². The number of amides is 1. The van der Waals surface area contributed by atoms with Gasteiger partial charge in [0.1, 0.15) is 24.5 Å². The zero-order chi connectivity index (χ0) is 23.0. The average molecular weight is 456 g/mol. The fraction of sp³-hybridized carbons (Fsp3) is 0.346. The number of alkyl halides is 2. The number of rotatable bonds is 8. The Bertz CT molecular complexity index is 1040. The fourth-order valence-electron chi connectivity index (χ4n) is 4.09. The van der Waals surface area contributed by atoms with Crippen LogP contribution in [0.15, 0.2) is 72.3 Å². The largest absolute Gasteiger partial charge is 0.465 e. The molecule has 0 bridgehead atoms. The summed E-state index contributed by atoms with van der Waals surface area (Å²) in [5.74, 6) is 0.745. The number of allylic oxidation sites excluding steroid dienone is 4. The van der Waals surface area contributed by atoms with Crippen molar-refractivity contribution in [2.24, 2.45) is 0 Å². The van der Waals surface area contributed by atoms with Gasteiger partial charge in [0.15, 0.2) is 5.76 Å². The molecule has 5 nitrogen and oxygen atoms in total. The lowest BCUT2D eigenvalue weighted by Crippen LogP contribution is -2.26. The molecule has 0 radical (unpaired) electrons. The highest BCUT2D eigenvalue weighted by Crippen LogP contribution is 2.28. The van der Waals surface area contributed by atoms with E-state index < -0.39 is 12.5 Å². The molecule has 1 aromatic carbocycles. The Balaban J connectivity index is 1.37. The highest BCUT2D eigenvalue weighted by Gasteiger charge is 2.19. The van der Waals surface area contributed by atoms with Crippen LogP contribution in [0, 0.1) is 0 Å². The fourth-order valence-corrected chi connectivity index (χ4v) is 4.09. The second kappa shape index (κ2) is 11.0. The van der Waals surface area contributed by atoms with Gasteiger partial charge in [0.2, 0.25) is 0 Å². The normalized spacial score (nSPS) is 17.8. The number of carbonyl (C=O) groups excluding carboxylic acids is 1. The summed E-state index contributed by atoms with van der Waals surface area (Å²) in [5.41, 5.74) is 4.08. The highest BCUT2D eigenvalue weighted by molar-refractivity contribution is 6.19. The smallest absolute Gasteiger partial charge is 0.386 e. The summed E-state index contributed by atoms with van der Waals surface area (Å²) < 4.78 is 41.0. The minimum absolute atomic E-state index is 0.0678. The molecule has 0 saturated carbocycles. The summed E-state index contributed by atoms with van der Waals surface area (Å²) in [6.07, 6.45) is 16.3. The summed E-state index contributed by atoms with van der Waals surface area (Å²) in [6.45, 7) is -2.76. The van der Waals surface area contributed by atoms with Crippen molar-refractivity contribution in [3.05, 3.63) is 89.0 Å². The molecule has 1 amide bonds. The van der Waals surface area contributed by atoms with Gasteiger partial charge in [0.25, 0.3) is 5.91 Å². The minimum atomic E-state index is -3.00. The zero-order valence-electron chi connectivity index (χ0n) is 18.3. The SMILES string of the molecule is O=C(NCCC1=COC=C(C2=CC=CCC2)O1)C(=COC(F)F)c1ccc2c(c1)CCCC2. The van der Waals surface area contributed by atoms with E-state index in [9.17, 15) is 13.6 Å². The molecule has 0 spiro atoms. The maximum absolute atomic E-state index is 12.9. The molecule has 174 valence electrons. The number of carbonyl (C=O) groups is 1. The highest BCUT2D eigenvalue weighted by atomic mass is 19.3. The van der Waals surface area contributed by atoms with Crippen LogP contribution in [0.4, 0.5) is 8.78 Å². The van der Waals surface area contributed by atoms with Crippen molar-refractivity contribution >= 4 is 11.5 Å². The maximum Gasteiger partial charge on any atom is 0.386 e. The van der Waals surface area contributed by atoms with Crippen molar-refractivity contribution in [3.8, 4) is 0 Å². The number of hydrogen-bond acceptors (Lipinski definition) is 4. The van der Waals surface area contributed by atoms with Gasteiger partial charge in [-0.3, -0.25) is 4.79 Å². The van der Waals surface area contributed by atoms with Crippen LogP contribution in [0.5, 0.6) is 0 Å². The molecule has 33 heavy (non-hydrogen) atoms. The number of benzene rings is 1. The number of ether oxygens (including phenoxy) is 3. The summed E-state index contributed by atoms with van der Waals surface area (Å²) in [6, 6.07) is 5.65. The van der Waals surface area contributed by atoms with Crippen molar-refractivity contribution in [1.82, 2.24) is 5.32 Å². The standard InChI is InChI=1S/C26H27F2NO4/c27-26(28)32-16-23(21-11-10-18-6-4-5-9-20(18)14-21)25(30)29-13-12-22-15-31-17-24(33-22)19-7-2-1-3-8-19/h1-2,7,10-11,14-17,26H,3-6,8-9,12-13H2,(H,29,30). The van der Waals surface area contributed by atoms with Crippen LogP contribution in [-0.2, 0) is 31.8 Å². The van der Waals surface area contributed by atoms with E-state index in [2.05, 4.69) is 16.1 Å². The Morgan fingerprint density at radius 2 is 2.00 bits per heavy atom. The monoisotopic (exact) mass is 455 g/mol. The second-order valence-corrected chi connectivity index (χ2v) is 8.09. The van der Waals surface area contributed by atoms with E-state index in [1.54, 1.807) is 12.3 Å². The molecule has 1 aliphatic heterocycles. The van der Waals surface area contributed by atoms with E-state index in [1.807, 2.05) is 24.3 Å². The molecule has 3 aliphatic rings. The number of nitrogens with one attached hydrogen (secondary N) is 1. The van der Waals surface area contributed by atoms with Crippen molar-refractivity contribution in [3.63, 3.8) is 0 Å². The molecule has 4 rings (SSSR count). The van der Waals surface area contributed by atoms with Crippen molar-refractivity contribution < 1.29 is 27.8 Å². The first kappa shape index (κ1) is 22.8. The number of hydrogen-bond donors (Lipinski definition) is 1. The van der Waals surface area contributed by atoms with Gasteiger partial charge in [-0.05, 0) is 60.8 Å². The number of aryl methyl sites for hydroxylation is 2. The molecule has 0 atom stereocenters. The summed E-state index contributed by atoms with van der Waals surface area (Å²) in [5, 5.41) is 2.77. The van der Waals surface area contributed by atoms with Gasteiger partial charge in [-0.2, -0.15) is 8.78 Å². The number of fused-ring (bicyclic) bond motifs is 1. The third-order valence-electron chi connectivity index (χ3n) is 5.80. The Kier molecular flexibility index (Phi) is 7.60. The van der Waals surface area contributed by atoms with E-state index in [0.29, 0.717) is 23.5 Å². The predicted molar refractivity (Wildman–Crippen MR) is 121 cm³/mol. The van der Waals surface area contributed by atoms with Gasteiger partial charge >= 0.3 is 6.61 Å².